The number of hydrogen-bond donors (Lipinski definition) is 2. The van der Waals surface area contributed by atoms with Gasteiger partial charge in [0, 0.05) is 17.6 Å². The SMILES string of the molecule is CNc1nc(Cl)nc(Nc2ccc(SC)cc2)n1. The van der Waals surface area contributed by atoms with Crippen molar-refractivity contribution < 1.29 is 0 Å². The molecule has 0 fully saturated rings. The molecule has 2 aromatic rings. The summed E-state index contributed by atoms with van der Waals surface area (Å²) in [6.45, 7) is 0. The average Bonchev–Trinajstić information content (AvgIpc) is 2.39. The van der Waals surface area contributed by atoms with E-state index in [0.29, 0.717) is 11.9 Å². The van der Waals surface area contributed by atoms with Crippen molar-refractivity contribution in [1.29, 1.82) is 0 Å². The van der Waals surface area contributed by atoms with E-state index in [0.717, 1.165) is 5.69 Å². The van der Waals surface area contributed by atoms with E-state index >= 15 is 0 Å². The molecule has 0 aliphatic heterocycles. The van der Waals surface area contributed by atoms with Gasteiger partial charge in [-0.1, -0.05) is 0 Å². The second-order valence-corrected chi connectivity index (χ2v) is 4.57. The van der Waals surface area contributed by atoms with E-state index in [1.165, 1.54) is 4.90 Å². The van der Waals surface area contributed by atoms with E-state index in [9.17, 15) is 0 Å². The van der Waals surface area contributed by atoms with Crippen molar-refractivity contribution in [2.75, 3.05) is 23.9 Å². The summed E-state index contributed by atoms with van der Waals surface area (Å²) in [4.78, 5) is 13.3. The van der Waals surface area contributed by atoms with E-state index in [-0.39, 0.29) is 5.28 Å². The highest BCUT2D eigenvalue weighted by Gasteiger charge is 2.04. The lowest BCUT2D eigenvalue weighted by Crippen LogP contribution is -2.03. The summed E-state index contributed by atoms with van der Waals surface area (Å²) in [6.07, 6.45) is 2.04. The molecule has 0 radical (unpaired) electrons. The second-order valence-electron chi connectivity index (χ2n) is 3.36. The number of anilines is 3. The minimum absolute atomic E-state index is 0.151. The molecule has 0 bridgehead atoms. The normalized spacial score (nSPS) is 10.2. The van der Waals surface area contributed by atoms with Gasteiger partial charge in [0.25, 0.3) is 0 Å². The lowest BCUT2D eigenvalue weighted by atomic mass is 10.3. The number of nitrogens with zero attached hydrogens (tertiary/aromatic N) is 3. The highest BCUT2D eigenvalue weighted by Crippen LogP contribution is 2.20. The standard InChI is InChI=1S/C11H12ClN5S/c1-13-10-15-9(12)16-11(17-10)14-7-3-5-8(18-2)6-4-7/h3-6H,1-2H3,(H2,13,14,15,16,17). The monoisotopic (exact) mass is 281 g/mol. The molecule has 94 valence electrons. The molecule has 0 unspecified atom stereocenters. The molecule has 5 nitrogen and oxygen atoms in total. The van der Waals surface area contributed by atoms with Crippen molar-refractivity contribution in [3.63, 3.8) is 0 Å². The molecule has 0 aliphatic carbocycles. The molecule has 7 heteroatoms. The number of hydrogen-bond acceptors (Lipinski definition) is 6. The third-order valence-corrected chi connectivity index (χ3v) is 3.09. The fraction of sp³-hybridized carbons (Fsp3) is 0.182. The third-order valence-electron chi connectivity index (χ3n) is 2.18. The zero-order chi connectivity index (χ0) is 13.0. The summed E-state index contributed by atoms with van der Waals surface area (Å²) in [7, 11) is 1.72. The van der Waals surface area contributed by atoms with Gasteiger partial charge in [0.15, 0.2) is 0 Å². The van der Waals surface area contributed by atoms with E-state index in [2.05, 4.69) is 25.6 Å². The molecule has 2 N–H and O–H groups in total. The van der Waals surface area contributed by atoms with Crippen LogP contribution in [0.25, 0.3) is 0 Å². The van der Waals surface area contributed by atoms with E-state index in [1.807, 2.05) is 30.5 Å². The number of halogens is 1. The Hall–Kier alpha value is -1.53. The van der Waals surface area contributed by atoms with Gasteiger partial charge in [-0.3, -0.25) is 0 Å². The molecule has 0 amide bonds. The fourth-order valence-corrected chi connectivity index (χ4v) is 1.89. The van der Waals surface area contributed by atoms with Gasteiger partial charge in [-0.25, -0.2) is 0 Å². The summed E-state index contributed by atoms with van der Waals surface area (Å²) in [5.41, 5.74) is 0.900. The van der Waals surface area contributed by atoms with Crippen LogP contribution in [0.15, 0.2) is 29.2 Å². The van der Waals surface area contributed by atoms with E-state index in [4.69, 9.17) is 11.6 Å². The molecule has 2 rings (SSSR count). The Morgan fingerprint density at radius 1 is 1.06 bits per heavy atom. The molecular formula is C11H12ClN5S. The topological polar surface area (TPSA) is 62.7 Å². The van der Waals surface area contributed by atoms with Gasteiger partial charge >= 0.3 is 0 Å². The van der Waals surface area contributed by atoms with Gasteiger partial charge in [-0.15, -0.1) is 11.8 Å². The maximum absolute atomic E-state index is 5.80. The maximum Gasteiger partial charge on any atom is 0.233 e. The number of benzene rings is 1. The fourth-order valence-electron chi connectivity index (χ4n) is 1.32. The lowest BCUT2D eigenvalue weighted by Gasteiger charge is -2.06. The van der Waals surface area contributed by atoms with Crippen LogP contribution in [-0.4, -0.2) is 28.3 Å². The third kappa shape index (κ3) is 3.24. The first-order chi connectivity index (χ1) is 8.71. The molecule has 0 saturated heterocycles. The minimum atomic E-state index is 0.151. The molecule has 0 aliphatic rings. The molecule has 18 heavy (non-hydrogen) atoms. The predicted molar refractivity (Wildman–Crippen MR) is 75.9 cm³/mol. The number of aromatic nitrogens is 3. The molecule has 0 spiro atoms. The van der Waals surface area contributed by atoms with Gasteiger partial charge in [0.05, 0.1) is 0 Å². The van der Waals surface area contributed by atoms with Crippen LogP contribution < -0.4 is 10.6 Å². The van der Waals surface area contributed by atoms with E-state index in [1.54, 1.807) is 18.8 Å². The zero-order valence-corrected chi connectivity index (χ0v) is 11.5. The van der Waals surface area contributed by atoms with Crippen molar-refractivity contribution in [1.82, 2.24) is 15.0 Å². The largest absolute Gasteiger partial charge is 0.357 e. The average molecular weight is 282 g/mol. The maximum atomic E-state index is 5.80. The van der Waals surface area contributed by atoms with Crippen LogP contribution in [0.1, 0.15) is 0 Å². The van der Waals surface area contributed by atoms with Crippen LogP contribution in [0, 0.1) is 0 Å². The number of thioether (sulfide) groups is 1. The van der Waals surface area contributed by atoms with Gasteiger partial charge in [0.2, 0.25) is 17.2 Å². The Morgan fingerprint density at radius 3 is 2.33 bits per heavy atom. The zero-order valence-electron chi connectivity index (χ0n) is 9.94. The quantitative estimate of drug-likeness (QED) is 0.840. The summed E-state index contributed by atoms with van der Waals surface area (Å²) < 4.78 is 0. The van der Waals surface area contributed by atoms with Crippen molar-refractivity contribution in [2.24, 2.45) is 0 Å². The molecule has 1 heterocycles. The van der Waals surface area contributed by atoms with Crippen LogP contribution in [0.5, 0.6) is 0 Å². The van der Waals surface area contributed by atoms with Crippen LogP contribution in [0.4, 0.5) is 17.6 Å². The Labute approximate surface area is 114 Å². The van der Waals surface area contributed by atoms with Crippen molar-refractivity contribution in [3.05, 3.63) is 29.5 Å². The Kier molecular flexibility index (Phi) is 4.22. The summed E-state index contributed by atoms with van der Waals surface area (Å²) in [6, 6.07) is 7.97. The van der Waals surface area contributed by atoms with Crippen molar-refractivity contribution in [2.45, 2.75) is 4.90 Å². The highest BCUT2D eigenvalue weighted by molar-refractivity contribution is 7.98. The number of rotatable bonds is 4. The van der Waals surface area contributed by atoms with Gasteiger partial charge in [-0.05, 0) is 42.1 Å². The molecule has 0 atom stereocenters. The summed E-state index contributed by atoms with van der Waals surface area (Å²) in [5.74, 6) is 0.842. The lowest BCUT2D eigenvalue weighted by molar-refractivity contribution is 1.05. The molecular weight excluding hydrogens is 270 g/mol. The van der Waals surface area contributed by atoms with Gasteiger partial charge in [-0.2, -0.15) is 15.0 Å². The second kappa shape index (κ2) is 5.88. The summed E-state index contributed by atoms with van der Waals surface area (Å²) in [5, 5.41) is 6.05. The Balaban J connectivity index is 2.19. The van der Waals surface area contributed by atoms with Crippen LogP contribution in [-0.2, 0) is 0 Å². The molecule has 1 aromatic heterocycles. The first-order valence-electron chi connectivity index (χ1n) is 5.21. The van der Waals surface area contributed by atoms with Crippen LogP contribution in [0.2, 0.25) is 5.28 Å². The van der Waals surface area contributed by atoms with Gasteiger partial charge < -0.3 is 10.6 Å². The summed E-state index contributed by atoms with van der Waals surface area (Å²) >= 11 is 7.49. The first kappa shape index (κ1) is 12.9. The molecule has 0 saturated carbocycles. The van der Waals surface area contributed by atoms with Crippen molar-refractivity contribution in [3.8, 4) is 0 Å². The van der Waals surface area contributed by atoms with Crippen molar-refractivity contribution >= 4 is 40.9 Å². The predicted octanol–water partition coefficient (Wildman–Crippen LogP) is 3.03. The van der Waals surface area contributed by atoms with E-state index < -0.39 is 0 Å². The Morgan fingerprint density at radius 2 is 1.72 bits per heavy atom. The Bertz CT molecular complexity index is 531. The number of nitrogens with one attached hydrogen (secondary N) is 2. The van der Waals surface area contributed by atoms with Crippen LogP contribution >= 0.6 is 23.4 Å². The van der Waals surface area contributed by atoms with Gasteiger partial charge in [0.1, 0.15) is 0 Å². The smallest absolute Gasteiger partial charge is 0.233 e. The molecule has 1 aromatic carbocycles. The van der Waals surface area contributed by atoms with Crippen LogP contribution in [0.3, 0.4) is 0 Å². The highest BCUT2D eigenvalue weighted by atomic mass is 35.5. The first-order valence-corrected chi connectivity index (χ1v) is 6.82. The minimum Gasteiger partial charge on any atom is -0.357 e.